The molecule has 0 bridgehead atoms. The number of hydrogen-bond donors (Lipinski definition) is 0. The van der Waals surface area contributed by atoms with Crippen LogP contribution in [0.25, 0.3) is 5.69 Å². The lowest BCUT2D eigenvalue weighted by Gasteiger charge is -2.11. The highest BCUT2D eigenvalue weighted by Gasteiger charge is 2.24. The average Bonchev–Trinajstić information content (AvgIpc) is 3.01. The number of carbonyl (C=O) groups is 1. The molecular formula is C20H16ClN3O2. The molecular weight excluding hydrogens is 350 g/mol. The summed E-state index contributed by atoms with van der Waals surface area (Å²) >= 11 is 6.02. The summed E-state index contributed by atoms with van der Waals surface area (Å²) in [6.45, 7) is 2.42. The lowest BCUT2D eigenvalue weighted by molar-refractivity contribution is 0.0518. The first-order valence-electron chi connectivity index (χ1n) is 8.32. The van der Waals surface area contributed by atoms with E-state index in [4.69, 9.17) is 21.3 Å². The first-order chi connectivity index (χ1) is 12.7. The van der Waals surface area contributed by atoms with Gasteiger partial charge in [0.25, 0.3) is 0 Å². The van der Waals surface area contributed by atoms with Gasteiger partial charge in [0, 0.05) is 16.1 Å². The quantitative estimate of drug-likeness (QED) is 0.658. The number of aliphatic imine (C=N–C) groups is 1. The summed E-state index contributed by atoms with van der Waals surface area (Å²) in [6.07, 6.45) is 1.65. The molecule has 1 aliphatic rings. The molecule has 3 aromatic rings. The molecule has 1 aliphatic heterocycles. The lowest BCUT2D eigenvalue weighted by atomic mass is 10.0. The van der Waals surface area contributed by atoms with Gasteiger partial charge < -0.3 is 4.74 Å². The first-order valence-corrected chi connectivity index (χ1v) is 8.70. The third kappa shape index (κ3) is 2.80. The molecule has 0 radical (unpaired) electrons. The predicted octanol–water partition coefficient (Wildman–Crippen LogP) is 4.05. The van der Waals surface area contributed by atoms with Gasteiger partial charge in [-0.15, -0.1) is 0 Å². The number of para-hydroxylation sites is 1. The van der Waals surface area contributed by atoms with Crippen molar-refractivity contribution in [3.8, 4) is 5.69 Å². The van der Waals surface area contributed by atoms with Crippen LogP contribution in [0.4, 0.5) is 0 Å². The van der Waals surface area contributed by atoms with E-state index >= 15 is 0 Å². The molecule has 26 heavy (non-hydrogen) atoms. The van der Waals surface area contributed by atoms with Crippen LogP contribution in [0, 0.1) is 0 Å². The number of nitrogens with zero attached hydrogens (tertiary/aromatic N) is 3. The molecule has 130 valence electrons. The minimum Gasteiger partial charge on any atom is -0.461 e. The Morgan fingerprint density at radius 2 is 1.96 bits per heavy atom. The Morgan fingerprint density at radius 3 is 2.73 bits per heavy atom. The Bertz CT molecular complexity index is 1010. The predicted molar refractivity (Wildman–Crippen MR) is 100 cm³/mol. The van der Waals surface area contributed by atoms with Crippen LogP contribution in [-0.2, 0) is 11.3 Å². The second kappa shape index (κ2) is 6.77. The van der Waals surface area contributed by atoms with E-state index in [0.717, 1.165) is 28.2 Å². The SMILES string of the molecule is CCOC(=O)c1ncn2c1CN=C(c1ccc(Cl)cc1)c1ccccc1-2. The van der Waals surface area contributed by atoms with E-state index in [9.17, 15) is 4.79 Å². The average molecular weight is 366 g/mol. The van der Waals surface area contributed by atoms with Crippen LogP contribution < -0.4 is 0 Å². The van der Waals surface area contributed by atoms with E-state index in [1.165, 1.54) is 0 Å². The molecule has 2 aromatic carbocycles. The van der Waals surface area contributed by atoms with Gasteiger partial charge in [0.2, 0.25) is 0 Å². The van der Waals surface area contributed by atoms with Gasteiger partial charge in [-0.25, -0.2) is 9.78 Å². The van der Waals surface area contributed by atoms with E-state index in [1.807, 2.05) is 53.1 Å². The highest BCUT2D eigenvalue weighted by molar-refractivity contribution is 6.30. The summed E-state index contributed by atoms with van der Waals surface area (Å²) in [4.78, 5) is 21.3. The summed E-state index contributed by atoms with van der Waals surface area (Å²) in [7, 11) is 0. The lowest BCUT2D eigenvalue weighted by Crippen LogP contribution is -2.09. The number of imidazole rings is 1. The van der Waals surface area contributed by atoms with Crippen molar-refractivity contribution in [2.75, 3.05) is 6.61 Å². The zero-order valence-electron chi connectivity index (χ0n) is 14.1. The second-order valence-electron chi connectivity index (χ2n) is 5.82. The van der Waals surface area contributed by atoms with Crippen LogP contribution in [0.1, 0.15) is 34.2 Å². The van der Waals surface area contributed by atoms with Crippen molar-refractivity contribution in [2.45, 2.75) is 13.5 Å². The molecule has 0 atom stereocenters. The fourth-order valence-corrected chi connectivity index (χ4v) is 3.21. The van der Waals surface area contributed by atoms with Crippen molar-refractivity contribution in [1.29, 1.82) is 0 Å². The van der Waals surface area contributed by atoms with Crippen molar-refractivity contribution in [1.82, 2.24) is 9.55 Å². The van der Waals surface area contributed by atoms with Gasteiger partial charge >= 0.3 is 5.97 Å². The Balaban J connectivity index is 1.88. The molecule has 4 rings (SSSR count). The number of ether oxygens (including phenoxy) is 1. The van der Waals surface area contributed by atoms with Crippen LogP contribution in [-0.4, -0.2) is 27.8 Å². The topological polar surface area (TPSA) is 56.5 Å². The van der Waals surface area contributed by atoms with E-state index in [1.54, 1.807) is 13.3 Å². The molecule has 0 saturated carbocycles. The fraction of sp³-hybridized carbons (Fsp3) is 0.150. The standard InChI is InChI=1S/C20H16ClN3O2/c1-2-26-20(25)19-17-11-22-18(13-7-9-14(21)10-8-13)15-5-3-4-6-16(15)24(17)12-23-19/h3-10,12H,2,11H2,1H3. The maximum absolute atomic E-state index is 12.2. The summed E-state index contributed by atoms with van der Waals surface area (Å²) in [5.74, 6) is -0.427. The van der Waals surface area contributed by atoms with Gasteiger partial charge in [0.1, 0.15) is 6.33 Å². The van der Waals surface area contributed by atoms with E-state index in [0.29, 0.717) is 23.9 Å². The molecule has 0 fully saturated rings. The summed E-state index contributed by atoms with van der Waals surface area (Å²) in [6, 6.07) is 15.5. The Labute approximate surface area is 155 Å². The van der Waals surface area contributed by atoms with Crippen LogP contribution >= 0.6 is 11.6 Å². The Morgan fingerprint density at radius 1 is 1.19 bits per heavy atom. The van der Waals surface area contributed by atoms with Crippen LogP contribution in [0.15, 0.2) is 59.9 Å². The number of halogens is 1. The molecule has 0 N–H and O–H groups in total. The largest absolute Gasteiger partial charge is 0.461 e. The number of hydrogen-bond acceptors (Lipinski definition) is 4. The van der Waals surface area contributed by atoms with Crippen molar-refractivity contribution in [3.05, 3.63) is 82.4 Å². The zero-order valence-corrected chi connectivity index (χ0v) is 14.9. The van der Waals surface area contributed by atoms with Crippen LogP contribution in [0.3, 0.4) is 0 Å². The van der Waals surface area contributed by atoms with Gasteiger partial charge in [-0.1, -0.05) is 41.9 Å². The normalized spacial score (nSPS) is 12.6. The highest BCUT2D eigenvalue weighted by atomic mass is 35.5. The minimum absolute atomic E-state index is 0.307. The number of esters is 1. The van der Waals surface area contributed by atoms with Crippen LogP contribution in [0.2, 0.25) is 5.02 Å². The summed E-state index contributed by atoms with van der Waals surface area (Å²) in [5.41, 5.74) is 4.76. The molecule has 1 aromatic heterocycles. The van der Waals surface area contributed by atoms with Gasteiger partial charge in [0.05, 0.1) is 30.2 Å². The molecule has 5 nitrogen and oxygen atoms in total. The maximum Gasteiger partial charge on any atom is 0.358 e. The number of aromatic nitrogens is 2. The Hall–Kier alpha value is -2.92. The monoisotopic (exact) mass is 365 g/mol. The fourth-order valence-electron chi connectivity index (χ4n) is 3.08. The first kappa shape index (κ1) is 16.5. The van der Waals surface area contributed by atoms with Crippen molar-refractivity contribution in [3.63, 3.8) is 0 Å². The van der Waals surface area contributed by atoms with Crippen molar-refractivity contribution < 1.29 is 9.53 Å². The minimum atomic E-state index is -0.427. The van der Waals surface area contributed by atoms with Gasteiger partial charge in [-0.3, -0.25) is 9.56 Å². The van der Waals surface area contributed by atoms with Gasteiger partial charge in [0.15, 0.2) is 5.69 Å². The number of rotatable bonds is 3. The Kier molecular flexibility index (Phi) is 4.31. The van der Waals surface area contributed by atoms with E-state index < -0.39 is 5.97 Å². The highest BCUT2D eigenvalue weighted by Crippen LogP contribution is 2.27. The summed E-state index contributed by atoms with van der Waals surface area (Å²) < 4.78 is 7.04. The molecule has 0 saturated heterocycles. The van der Waals surface area contributed by atoms with Crippen LogP contribution in [0.5, 0.6) is 0 Å². The zero-order chi connectivity index (χ0) is 18.1. The van der Waals surface area contributed by atoms with Crippen molar-refractivity contribution >= 4 is 23.3 Å². The molecule has 0 spiro atoms. The molecule has 2 heterocycles. The molecule has 0 aliphatic carbocycles. The second-order valence-corrected chi connectivity index (χ2v) is 6.26. The third-order valence-electron chi connectivity index (χ3n) is 4.26. The number of carbonyl (C=O) groups excluding carboxylic acids is 1. The van der Waals surface area contributed by atoms with Gasteiger partial charge in [-0.2, -0.15) is 0 Å². The molecule has 0 unspecified atom stereocenters. The molecule has 6 heteroatoms. The molecule has 0 amide bonds. The van der Waals surface area contributed by atoms with E-state index in [-0.39, 0.29) is 0 Å². The number of fused-ring (bicyclic) bond motifs is 3. The number of benzene rings is 2. The summed E-state index contributed by atoms with van der Waals surface area (Å²) in [5, 5.41) is 0.677. The maximum atomic E-state index is 12.2. The third-order valence-corrected chi connectivity index (χ3v) is 4.51. The van der Waals surface area contributed by atoms with Crippen molar-refractivity contribution in [2.24, 2.45) is 4.99 Å². The van der Waals surface area contributed by atoms with E-state index in [2.05, 4.69) is 4.98 Å². The smallest absolute Gasteiger partial charge is 0.358 e. The van der Waals surface area contributed by atoms with Gasteiger partial charge in [-0.05, 0) is 25.1 Å².